The zero-order valence-corrected chi connectivity index (χ0v) is 10.9. The number of aliphatic hydroxyl groups is 1. The lowest BCUT2D eigenvalue weighted by Gasteiger charge is -2.26. The topological polar surface area (TPSA) is 32.3 Å². The lowest BCUT2D eigenvalue weighted by Crippen LogP contribution is -2.40. The molecule has 0 saturated heterocycles. The van der Waals surface area contributed by atoms with Crippen molar-refractivity contribution in [3.8, 4) is 0 Å². The van der Waals surface area contributed by atoms with E-state index in [1.807, 2.05) is 13.0 Å². The Morgan fingerprint density at radius 3 is 2.83 bits per heavy atom. The largest absolute Gasteiger partial charge is 0.392 e. The molecule has 0 bridgehead atoms. The zero-order chi connectivity index (χ0) is 13.0. The molecule has 3 atom stereocenters. The van der Waals surface area contributed by atoms with E-state index in [4.69, 9.17) is 0 Å². The molecule has 2 N–H and O–H groups in total. The minimum Gasteiger partial charge on any atom is -0.392 e. The number of benzene rings is 1. The molecule has 1 saturated carbocycles. The summed E-state index contributed by atoms with van der Waals surface area (Å²) in [4.78, 5) is 0. The molecule has 0 amide bonds. The van der Waals surface area contributed by atoms with E-state index < -0.39 is 0 Å². The van der Waals surface area contributed by atoms with Crippen molar-refractivity contribution in [3.63, 3.8) is 0 Å². The summed E-state index contributed by atoms with van der Waals surface area (Å²) in [5, 5.41) is 13.5. The summed E-state index contributed by atoms with van der Waals surface area (Å²) in [5.74, 6) is -0.206. The van der Waals surface area contributed by atoms with Gasteiger partial charge in [-0.3, -0.25) is 0 Å². The fourth-order valence-corrected chi connectivity index (χ4v) is 2.68. The molecule has 3 heteroatoms. The summed E-state index contributed by atoms with van der Waals surface area (Å²) < 4.78 is 13.2. The minimum atomic E-state index is -0.275. The highest BCUT2D eigenvalue weighted by Gasteiger charge is 2.23. The van der Waals surface area contributed by atoms with Crippen LogP contribution in [0.1, 0.15) is 50.6 Å². The van der Waals surface area contributed by atoms with Crippen LogP contribution in [-0.2, 0) is 0 Å². The average molecular weight is 251 g/mol. The number of hydrogen-bond donors (Lipinski definition) is 2. The quantitative estimate of drug-likeness (QED) is 0.809. The van der Waals surface area contributed by atoms with Gasteiger partial charge in [0.05, 0.1) is 6.10 Å². The Hall–Kier alpha value is -0.930. The van der Waals surface area contributed by atoms with Gasteiger partial charge in [0.2, 0.25) is 0 Å². The third kappa shape index (κ3) is 3.53. The van der Waals surface area contributed by atoms with Crippen molar-refractivity contribution < 1.29 is 9.50 Å². The summed E-state index contributed by atoms with van der Waals surface area (Å²) in [6, 6.07) is 6.86. The Morgan fingerprint density at radius 1 is 1.28 bits per heavy atom. The highest BCUT2D eigenvalue weighted by atomic mass is 19.1. The third-order valence-electron chi connectivity index (χ3n) is 3.79. The number of rotatable bonds is 3. The van der Waals surface area contributed by atoms with Gasteiger partial charge in [0.25, 0.3) is 0 Å². The van der Waals surface area contributed by atoms with Crippen LogP contribution in [0.2, 0.25) is 0 Å². The second-order valence-corrected chi connectivity index (χ2v) is 5.26. The second-order valence-electron chi connectivity index (χ2n) is 5.26. The van der Waals surface area contributed by atoms with Crippen LogP contribution >= 0.6 is 0 Å². The molecule has 3 unspecified atom stereocenters. The maximum Gasteiger partial charge on any atom is 0.123 e. The van der Waals surface area contributed by atoms with E-state index in [0.717, 1.165) is 31.2 Å². The first-order valence-electron chi connectivity index (χ1n) is 6.86. The van der Waals surface area contributed by atoms with Gasteiger partial charge in [-0.05, 0) is 37.5 Å². The van der Waals surface area contributed by atoms with Crippen LogP contribution in [0.5, 0.6) is 0 Å². The molecule has 1 aromatic rings. The minimum absolute atomic E-state index is 0.0680. The maximum absolute atomic E-state index is 13.2. The maximum atomic E-state index is 13.2. The molecule has 18 heavy (non-hydrogen) atoms. The van der Waals surface area contributed by atoms with Crippen LogP contribution < -0.4 is 5.32 Å². The molecule has 0 heterocycles. The lowest BCUT2D eigenvalue weighted by molar-refractivity contribution is 0.115. The van der Waals surface area contributed by atoms with Gasteiger partial charge < -0.3 is 10.4 Å². The molecule has 0 spiro atoms. The van der Waals surface area contributed by atoms with E-state index in [1.54, 1.807) is 12.1 Å². The SMILES string of the molecule is CC(NC1CCCCCC1O)c1cccc(F)c1. The second kappa shape index (κ2) is 6.30. The molecule has 100 valence electrons. The Labute approximate surface area is 108 Å². The molecule has 2 rings (SSSR count). The summed E-state index contributed by atoms with van der Waals surface area (Å²) >= 11 is 0. The molecule has 0 radical (unpaired) electrons. The molecule has 0 aromatic heterocycles. The summed E-state index contributed by atoms with van der Waals surface area (Å²) in [6.07, 6.45) is 5.06. The molecule has 1 aliphatic rings. The standard InChI is InChI=1S/C15H22FNO/c1-11(12-6-5-7-13(16)10-12)17-14-8-3-2-4-9-15(14)18/h5-7,10-11,14-15,17-18H,2-4,8-9H2,1H3. The summed E-state index contributed by atoms with van der Waals surface area (Å²) in [7, 11) is 0. The van der Waals surface area contributed by atoms with Gasteiger partial charge in [-0.2, -0.15) is 0 Å². The Kier molecular flexibility index (Phi) is 4.72. The predicted octanol–water partition coefficient (Wildman–Crippen LogP) is 3.17. The van der Waals surface area contributed by atoms with Gasteiger partial charge in [-0.25, -0.2) is 4.39 Å². The van der Waals surface area contributed by atoms with Gasteiger partial charge in [-0.1, -0.05) is 31.4 Å². The van der Waals surface area contributed by atoms with Crippen LogP contribution in [0.3, 0.4) is 0 Å². The van der Waals surface area contributed by atoms with Crippen LogP contribution in [0.15, 0.2) is 24.3 Å². The van der Waals surface area contributed by atoms with Crippen molar-refractivity contribution in [3.05, 3.63) is 35.6 Å². The summed E-state index contributed by atoms with van der Waals surface area (Å²) in [6.45, 7) is 2.02. The number of hydrogen-bond acceptors (Lipinski definition) is 2. The average Bonchev–Trinajstić information content (AvgIpc) is 2.55. The van der Waals surface area contributed by atoms with E-state index in [0.29, 0.717) is 0 Å². The number of aliphatic hydroxyl groups excluding tert-OH is 1. The fraction of sp³-hybridized carbons (Fsp3) is 0.600. The highest BCUT2D eigenvalue weighted by Crippen LogP contribution is 2.21. The number of nitrogens with one attached hydrogen (secondary N) is 1. The van der Waals surface area contributed by atoms with E-state index in [1.165, 1.54) is 12.5 Å². The Balaban J connectivity index is 1.99. The summed E-state index contributed by atoms with van der Waals surface area (Å²) in [5.41, 5.74) is 0.937. The van der Waals surface area contributed by atoms with Crippen molar-refractivity contribution >= 4 is 0 Å². The third-order valence-corrected chi connectivity index (χ3v) is 3.79. The van der Waals surface area contributed by atoms with Crippen molar-refractivity contribution in [2.45, 2.75) is 57.2 Å². The molecule has 1 fully saturated rings. The van der Waals surface area contributed by atoms with Gasteiger partial charge >= 0.3 is 0 Å². The predicted molar refractivity (Wildman–Crippen MR) is 70.8 cm³/mol. The van der Waals surface area contributed by atoms with E-state index in [-0.39, 0.29) is 24.0 Å². The molecule has 1 aliphatic carbocycles. The highest BCUT2D eigenvalue weighted by molar-refractivity contribution is 5.19. The van der Waals surface area contributed by atoms with Gasteiger partial charge in [-0.15, -0.1) is 0 Å². The van der Waals surface area contributed by atoms with Crippen molar-refractivity contribution in [2.75, 3.05) is 0 Å². The molecule has 0 aliphatic heterocycles. The number of halogens is 1. The van der Waals surface area contributed by atoms with Crippen LogP contribution in [-0.4, -0.2) is 17.3 Å². The van der Waals surface area contributed by atoms with E-state index >= 15 is 0 Å². The van der Waals surface area contributed by atoms with Gasteiger partial charge in [0, 0.05) is 12.1 Å². The molecule has 2 nitrogen and oxygen atoms in total. The monoisotopic (exact) mass is 251 g/mol. The first kappa shape index (κ1) is 13.5. The van der Waals surface area contributed by atoms with Crippen molar-refractivity contribution in [1.29, 1.82) is 0 Å². The zero-order valence-electron chi connectivity index (χ0n) is 10.9. The lowest BCUT2D eigenvalue weighted by atomic mass is 10.0. The Morgan fingerprint density at radius 2 is 2.06 bits per heavy atom. The Bertz CT molecular complexity index is 383. The van der Waals surface area contributed by atoms with E-state index in [2.05, 4.69) is 5.32 Å². The van der Waals surface area contributed by atoms with Crippen LogP contribution in [0.25, 0.3) is 0 Å². The normalized spacial score (nSPS) is 26.6. The van der Waals surface area contributed by atoms with Gasteiger partial charge in [0.15, 0.2) is 0 Å². The van der Waals surface area contributed by atoms with Crippen LogP contribution in [0.4, 0.5) is 4.39 Å². The molecular formula is C15H22FNO. The van der Waals surface area contributed by atoms with E-state index in [9.17, 15) is 9.50 Å². The molecular weight excluding hydrogens is 229 g/mol. The fourth-order valence-electron chi connectivity index (χ4n) is 2.68. The smallest absolute Gasteiger partial charge is 0.123 e. The van der Waals surface area contributed by atoms with Gasteiger partial charge in [0.1, 0.15) is 5.82 Å². The van der Waals surface area contributed by atoms with Crippen LogP contribution in [0, 0.1) is 5.82 Å². The van der Waals surface area contributed by atoms with Crippen molar-refractivity contribution in [2.24, 2.45) is 0 Å². The first-order chi connectivity index (χ1) is 8.66. The first-order valence-corrected chi connectivity index (χ1v) is 6.86. The van der Waals surface area contributed by atoms with Crippen molar-refractivity contribution in [1.82, 2.24) is 5.32 Å². The molecule has 1 aromatic carbocycles.